The largest absolute Gasteiger partial charge is 0.496 e. The second-order valence-corrected chi connectivity index (χ2v) is 5.88. The van der Waals surface area contributed by atoms with E-state index in [0.717, 1.165) is 17.9 Å². The Morgan fingerprint density at radius 3 is 2.68 bits per heavy atom. The van der Waals surface area contributed by atoms with Gasteiger partial charge < -0.3 is 14.8 Å². The highest BCUT2D eigenvalue weighted by Crippen LogP contribution is 2.20. The topological polar surface area (TPSA) is 59.6 Å². The fraction of sp³-hybridized carbons (Fsp3) is 0.263. The zero-order valence-corrected chi connectivity index (χ0v) is 15.4. The number of rotatable bonds is 6. The molecule has 0 aliphatic rings. The Balaban J connectivity index is 2.00. The number of ether oxygens (including phenoxy) is 2. The van der Waals surface area contributed by atoms with Gasteiger partial charge in [-0.3, -0.25) is 10.1 Å². The minimum absolute atomic E-state index is 0.132. The standard InChI is InChI=1S/C19H22N2O3S/c1-4-13(2)24-15-9-7-8-14(12-15)20-19(25)21-18(22)16-10-5-6-11-17(16)23-3/h5-13H,4H2,1-3H3,(H2,20,21,22,25). The molecule has 0 aliphatic heterocycles. The lowest BCUT2D eigenvalue weighted by atomic mass is 10.2. The minimum atomic E-state index is -0.332. The van der Waals surface area contributed by atoms with Crippen molar-refractivity contribution in [3.63, 3.8) is 0 Å². The quantitative estimate of drug-likeness (QED) is 0.765. The number of methoxy groups -OCH3 is 1. The van der Waals surface area contributed by atoms with Gasteiger partial charge in [0.25, 0.3) is 5.91 Å². The summed E-state index contributed by atoms with van der Waals surface area (Å²) in [6, 6.07) is 14.4. The Morgan fingerprint density at radius 2 is 1.96 bits per heavy atom. The molecular weight excluding hydrogens is 336 g/mol. The number of benzene rings is 2. The monoisotopic (exact) mass is 358 g/mol. The molecule has 0 aliphatic carbocycles. The number of para-hydroxylation sites is 1. The zero-order valence-electron chi connectivity index (χ0n) is 14.5. The number of carbonyl (C=O) groups excluding carboxylic acids is 1. The van der Waals surface area contributed by atoms with Crippen LogP contribution in [0.25, 0.3) is 0 Å². The first-order valence-electron chi connectivity index (χ1n) is 8.05. The summed E-state index contributed by atoms with van der Waals surface area (Å²) in [5.41, 5.74) is 1.16. The highest BCUT2D eigenvalue weighted by atomic mass is 32.1. The summed E-state index contributed by atoms with van der Waals surface area (Å²) in [6.07, 6.45) is 1.05. The first kappa shape index (κ1) is 18.7. The fourth-order valence-electron chi connectivity index (χ4n) is 2.13. The molecule has 132 valence electrons. The molecule has 2 rings (SSSR count). The molecule has 2 aromatic carbocycles. The third kappa shape index (κ3) is 5.46. The SMILES string of the molecule is CCC(C)Oc1cccc(NC(=S)NC(=O)c2ccccc2OC)c1. The Morgan fingerprint density at radius 1 is 1.20 bits per heavy atom. The molecule has 0 bridgehead atoms. The van der Waals surface area contributed by atoms with E-state index >= 15 is 0 Å². The van der Waals surface area contributed by atoms with Crippen LogP contribution in [0.15, 0.2) is 48.5 Å². The van der Waals surface area contributed by atoms with E-state index in [1.165, 1.54) is 7.11 Å². The molecule has 1 unspecified atom stereocenters. The lowest BCUT2D eigenvalue weighted by molar-refractivity contribution is 0.0975. The Bertz CT molecular complexity index is 749. The van der Waals surface area contributed by atoms with Crippen molar-refractivity contribution in [2.75, 3.05) is 12.4 Å². The van der Waals surface area contributed by atoms with Crippen LogP contribution in [0.3, 0.4) is 0 Å². The summed E-state index contributed by atoms with van der Waals surface area (Å²) in [7, 11) is 1.52. The molecule has 2 N–H and O–H groups in total. The molecule has 2 aromatic rings. The van der Waals surface area contributed by atoms with E-state index in [2.05, 4.69) is 17.6 Å². The van der Waals surface area contributed by atoms with Gasteiger partial charge in [-0.25, -0.2) is 0 Å². The van der Waals surface area contributed by atoms with Gasteiger partial charge >= 0.3 is 0 Å². The molecule has 0 saturated carbocycles. The molecule has 0 fully saturated rings. The highest BCUT2D eigenvalue weighted by Gasteiger charge is 2.13. The van der Waals surface area contributed by atoms with E-state index < -0.39 is 0 Å². The van der Waals surface area contributed by atoms with Crippen molar-refractivity contribution >= 4 is 28.9 Å². The van der Waals surface area contributed by atoms with Crippen molar-refractivity contribution in [3.8, 4) is 11.5 Å². The maximum atomic E-state index is 12.3. The average Bonchev–Trinajstić information content (AvgIpc) is 2.61. The third-order valence-electron chi connectivity index (χ3n) is 3.58. The van der Waals surface area contributed by atoms with Crippen molar-refractivity contribution < 1.29 is 14.3 Å². The smallest absolute Gasteiger partial charge is 0.261 e. The van der Waals surface area contributed by atoms with Crippen LogP contribution in [0.4, 0.5) is 5.69 Å². The molecule has 0 radical (unpaired) electrons. The number of thiocarbonyl (C=S) groups is 1. The van der Waals surface area contributed by atoms with E-state index in [-0.39, 0.29) is 17.1 Å². The molecule has 0 heterocycles. The van der Waals surface area contributed by atoms with Crippen molar-refractivity contribution in [2.24, 2.45) is 0 Å². The van der Waals surface area contributed by atoms with Crippen molar-refractivity contribution in [2.45, 2.75) is 26.4 Å². The van der Waals surface area contributed by atoms with Crippen LogP contribution < -0.4 is 20.1 Å². The summed E-state index contributed by atoms with van der Waals surface area (Å²) in [5.74, 6) is 0.909. The van der Waals surface area contributed by atoms with Gasteiger partial charge in [-0.05, 0) is 49.8 Å². The molecule has 0 saturated heterocycles. The van der Waals surface area contributed by atoms with Gasteiger partial charge in [0, 0.05) is 11.8 Å². The van der Waals surface area contributed by atoms with Gasteiger partial charge in [0.2, 0.25) is 0 Å². The Hall–Kier alpha value is -2.60. The van der Waals surface area contributed by atoms with Gasteiger partial charge in [0.15, 0.2) is 5.11 Å². The average molecular weight is 358 g/mol. The number of amides is 1. The van der Waals surface area contributed by atoms with Crippen molar-refractivity contribution in [1.29, 1.82) is 0 Å². The van der Waals surface area contributed by atoms with Gasteiger partial charge in [0.05, 0.1) is 18.8 Å². The number of hydrogen-bond acceptors (Lipinski definition) is 4. The summed E-state index contributed by atoms with van der Waals surface area (Å²) < 4.78 is 11.0. The molecule has 1 amide bonds. The highest BCUT2D eigenvalue weighted by molar-refractivity contribution is 7.80. The van der Waals surface area contributed by atoms with Gasteiger partial charge in [-0.2, -0.15) is 0 Å². The fourth-order valence-corrected chi connectivity index (χ4v) is 2.34. The van der Waals surface area contributed by atoms with Gasteiger partial charge in [-0.1, -0.05) is 25.1 Å². The van der Waals surface area contributed by atoms with Crippen molar-refractivity contribution in [3.05, 3.63) is 54.1 Å². The first-order valence-corrected chi connectivity index (χ1v) is 8.46. The number of hydrogen-bond donors (Lipinski definition) is 2. The summed E-state index contributed by atoms with van der Waals surface area (Å²) in [4.78, 5) is 12.3. The Kier molecular flexibility index (Phi) is 6.77. The predicted molar refractivity (Wildman–Crippen MR) is 104 cm³/mol. The molecule has 1 atom stereocenters. The number of anilines is 1. The molecule has 0 aromatic heterocycles. The van der Waals surface area contributed by atoms with Crippen LogP contribution in [0.5, 0.6) is 11.5 Å². The predicted octanol–water partition coefficient (Wildman–Crippen LogP) is 4.00. The van der Waals surface area contributed by atoms with Crippen LogP contribution in [0.2, 0.25) is 0 Å². The summed E-state index contributed by atoms with van der Waals surface area (Å²) in [6.45, 7) is 4.08. The molecular formula is C19H22N2O3S. The Labute approximate surface area is 153 Å². The number of nitrogens with one attached hydrogen (secondary N) is 2. The molecule has 5 nitrogen and oxygen atoms in total. The molecule has 0 spiro atoms. The zero-order chi connectivity index (χ0) is 18.2. The van der Waals surface area contributed by atoms with Gasteiger partial charge in [0.1, 0.15) is 11.5 Å². The second kappa shape index (κ2) is 9.03. The van der Waals surface area contributed by atoms with E-state index in [4.69, 9.17) is 21.7 Å². The second-order valence-electron chi connectivity index (χ2n) is 5.47. The minimum Gasteiger partial charge on any atom is -0.496 e. The van der Waals surface area contributed by atoms with Crippen LogP contribution in [0.1, 0.15) is 30.6 Å². The maximum absolute atomic E-state index is 12.3. The maximum Gasteiger partial charge on any atom is 0.261 e. The van der Waals surface area contributed by atoms with Crippen LogP contribution in [-0.2, 0) is 0 Å². The van der Waals surface area contributed by atoms with Gasteiger partial charge in [-0.15, -0.1) is 0 Å². The van der Waals surface area contributed by atoms with E-state index in [0.29, 0.717) is 11.3 Å². The van der Waals surface area contributed by atoms with E-state index in [1.807, 2.05) is 31.2 Å². The van der Waals surface area contributed by atoms with E-state index in [1.54, 1.807) is 24.3 Å². The van der Waals surface area contributed by atoms with Crippen molar-refractivity contribution in [1.82, 2.24) is 5.32 Å². The summed E-state index contributed by atoms with van der Waals surface area (Å²) in [5, 5.41) is 5.85. The normalized spacial score (nSPS) is 11.3. The molecule has 25 heavy (non-hydrogen) atoms. The first-order chi connectivity index (χ1) is 12.0. The van der Waals surface area contributed by atoms with Crippen LogP contribution in [-0.4, -0.2) is 24.2 Å². The van der Waals surface area contributed by atoms with Crippen LogP contribution >= 0.6 is 12.2 Å². The lowest BCUT2D eigenvalue weighted by Crippen LogP contribution is -2.34. The lowest BCUT2D eigenvalue weighted by Gasteiger charge is -2.15. The third-order valence-corrected chi connectivity index (χ3v) is 3.79. The van der Waals surface area contributed by atoms with E-state index in [9.17, 15) is 4.79 Å². The number of carbonyl (C=O) groups is 1. The summed E-state index contributed by atoms with van der Waals surface area (Å²) >= 11 is 5.22. The van der Waals surface area contributed by atoms with Crippen LogP contribution in [0, 0.1) is 0 Å². The molecule has 6 heteroatoms.